The van der Waals surface area contributed by atoms with Gasteiger partial charge in [0.15, 0.2) is 5.15 Å². The number of nitrogens with zero attached hydrogens (tertiary/aromatic N) is 2. The molecule has 0 atom stereocenters. The molecule has 0 aliphatic carbocycles. The minimum atomic E-state index is 0.517. The quantitative estimate of drug-likeness (QED) is 0.634. The lowest BCUT2D eigenvalue weighted by molar-refractivity contribution is 1.08. The second-order valence-corrected chi connectivity index (χ2v) is 4.92. The Morgan fingerprint density at radius 2 is 1.72 bits per heavy atom. The summed E-state index contributed by atoms with van der Waals surface area (Å²) in [5.41, 5.74) is 3.01. The van der Waals surface area contributed by atoms with E-state index in [2.05, 4.69) is 4.98 Å². The molecule has 0 N–H and O–H groups in total. The van der Waals surface area contributed by atoms with E-state index in [0.29, 0.717) is 10.2 Å². The zero-order chi connectivity index (χ0) is 12.7. The summed E-state index contributed by atoms with van der Waals surface area (Å²) < 4.78 is 2.05. The first kappa shape index (κ1) is 11.6. The van der Waals surface area contributed by atoms with Gasteiger partial charge in [-0.05, 0) is 43.3 Å². The third-order valence-electron chi connectivity index (χ3n) is 2.91. The van der Waals surface area contributed by atoms with Crippen molar-refractivity contribution in [2.24, 2.45) is 0 Å². The molecule has 2 heterocycles. The average Bonchev–Trinajstić information content (AvgIpc) is 2.70. The van der Waals surface area contributed by atoms with Crippen molar-refractivity contribution < 1.29 is 0 Å². The molecule has 0 saturated heterocycles. The molecule has 3 rings (SSSR count). The normalized spacial score (nSPS) is 11.1. The monoisotopic (exact) mass is 276 g/mol. The summed E-state index contributed by atoms with van der Waals surface area (Å²) in [6.07, 6.45) is 0. The lowest BCUT2D eigenvalue weighted by atomic mass is 10.2. The van der Waals surface area contributed by atoms with Crippen LogP contribution in [0.25, 0.3) is 16.9 Å². The molecular formula is C14H10Cl2N2. The Morgan fingerprint density at radius 1 is 1.00 bits per heavy atom. The van der Waals surface area contributed by atoms with Crippen LogP contribution >= 0.6 is 23.2 Å². The zero-order valence-electron chi connectivity index (χ0n) is 9.69. The molecule has 0 unspecified atom stereocenters. The predicted molar refractivity (Wildman–Crippen MR) is 75.4 cm³/mol. The minimum absolute atomic E-state index is 0.517. The number of aryl methyl sites for hydroxylation is 1. The summed E-state index contributed by atoms with van der Waals surface area (Å²) in [4.78, 5) is 4.44. The Balaban J connectivity index is 2.32. The molecule has 90 valence electrons. The van der Waals surface area contributed by atoms with Crippen molar-refractivity contribution >= 4 is 28.7 Å². The van der Waals surface area contributed by atoms with E-state index in [9.17, 15) is 0 Å². The van der Waals surface area contributed by atoms with E-state index < -0.39 is 0 Å². The number of hydrogen-bond acceptors (Lipinski definition) is 1. The molecule has 0 aliphatic heterocycles. The first-order valence-corrected chi connectivity index (χ1v) is 6.32. The molecule has 0 spiro atoms. The van der Waals surface area contributed by atoms with Crippen molar-refractivity contribution in [2.45, 2.75) is 6.92 Å². The summed E-state index contributed by atoms with van der Waals surface area (Å²) >= 11 is 12.1. The van der Waals surface area contributed by atoms with Crippen LogP contribution in [0.1, 0.15) is 5.69 Å². The highest BCUT2D eigenvalue weighted by molar-refractivity contribution is 6.33. The Hall–Kier alpha value is -1.51. The second kappa shape index (κ2) is 4.30. The third kappa shape index (κ3) is 1.78. The number of hydrogen-bond donors (Lipinski definition) is 0. The van der Waals surface area contributed by atoms with Gasteiger partial charge in [0, 0.05) is 16.3 Å². The molecule has 0 aliphatic rings. The van der Waals surface area contributed by atoms with Crippen LogP contribution in [0.15, 0.2) is 42.5 Å². The molecule has 2 nitrogen and oxygen atoms in total. The fraction of sp³-hybridized carbons (Fsp3) is 0.0714. The van der Waals surface area contributed by atoms with Gasteiger partial charge in [-0.1, -0.05) is 29.3 Å². The fourth-order valence-electron chi connectivity index (χ4n) is 2.05. The van der Waals surface area contributed by atoms with Gasteiger partial charge in [-0.25, -0.2) is 4.98 Å². The average molecular weight is 277 g/mol. The Labute approximate surface area is 115 Å². The highest BCUT2D eigenvalue weighted by Crippen LogP contribution is 2.27. The van der Waals surface area contributed by atoms with E-state index in [1.165, 1.54) is 0 Å². The SMILES string of the molecule is Cc1cccc2c(Cl)nc(-c3ccc(Cl)cc3)n12. The standard InChI is InChI=1S/C14H10Cl2N2/c1-9-3-2-4-12-13(16)17-14(18(9)12)10-5-7-11(15)8-6-10/h2-8H,1H3. The van der Waals surface area contributed by atoms with Crippen LogP contribution < -0.4 is 0 Å². The summed E-state index contributed by atoms with van der Waals surface area (Å²) in [7, 11) is 0. The fourth-order valence-corrected chi connectivity index (χ4v) is 2.41. The van der Waals surface area contributed by atoms with Gasteiger partial charge in [0.1, 0.15) is 5.82 Å². The van der Waals surface area contributed by atoms with Gasteiger partial charge >= 0.3 is 0 Å². The van der Waals surface area contributed by atoms with Crippen molar-refractivity contribution in [3.8, 4) is 11.4 Å². The third-order valence-corrected chi connectivity index (χ3v) is 3.44. The molecule has 3 aromatic rings. The van der Waals surface area contributed by atoms with Crippen molar-refractivity contribution in [3.63, 3.8) is 0 Å². The molecule has 0 radical (unpaired) electrons. The molecule has 1 aromatic carbocycles. The van der Waals surface area contributed by atoms with E-state index in [0.717, 1.165) is 22.6 Å². The van der Waals surface area contributed by atoms with Crippen LogP contribution in [0.2, 0.25) is 10.2 Å². The van der Waals surface area contributed by atoms with Gasteiger partial charge in [-0.3, -0.25) is 4.40 Å². The minimum Gasteiger partial charge on any atom is -0.295 e. The van der Waals surface area contributed by atoms with Crippen LogP contribution in [-0.2, 0) is 0 Å². The number of imidazole rings is 1. The summed E-state index contributed by atoms with van der Waals surface area (Å²) in [5, 5.41) is 1.23. The van der Waals surface area contributed by atoms with Gasteiger partial charge in [0.2, 0.25) is 0 Å². The maximum atomic E-state index is 6.17. The van der Waals surface area contributed by atoms with Crippen LogP contribution in [0.5, 0.6) is 0 Å². The first-order valence-electron chi connectivity index (χ1n) is 5.56. The van der Waals surface area contributed by atoms with Crippen molar-refractivity contribution in [3.05, 3.63) is 58.3 Å². The molecular weight excluding hydrogens is 267 g/mol. The molecule has 0 amide bonds. The lowest BCUT2D eigenvalue weighted by Crippen LogP contribution is -1.93. The van der Waals surface area contributed by atoms with E-state index in [1.807, 2.05) is 53.8 Å². The largest absolute Gasteiger partial charge is 0.295 e. The van der Waals surface area contributed by atoms with Gasteiger partial charge in [0.05, 0.1) is 5.52 Å². The molecule has 2 aromatic heterocycles. The number of aromatic nitrogens is 2. The number of fused-ring (bicyclic) bond motifs is 1. The molecule has 0 saturated carbocycles. The van der Waals surface area contributed by atoms with E-state index in [1.54, 1.807) is 0 Å². The number of pyridine rings is 1. The van der Waals surface area contributed by atoms with Crippen molar-refractivity contribution in [2.75, 3.05) is 0 Å². The smallest absolute Gasteiger partial charge is 0.155 e. The maximum absolute atomic E-state index is 6.17. The maximum Gasteiger partial charge on any atom is 0.155 e. The number of rotatable bonds is 1. The highest BCUT2D eigenvalue weighted by atomic mass is 35.5. The topological polar surface area (TPSA) is 17.3 Å². The van der Waals surface area contributed by atoms with Crippen LogP contribution in [-0.4, -0.2) is 9.38 Å². The summed E-state index contributed by atoms with van der Waals surface area (Å²) in [5.74, 6) is 0.838. The summed E-state index contributed by atoms with van der Waals surface area (Å²) in [6.45, 7) is 2.03. The van der Waals surface area contributed by atoms with E-state index in [-0.39, 0.29) is 0 Å². The first-order chi connectivity index (χ1) is 8.66. The summed E-state index contributed by atoms with van der Waals surface area (Å²) in [6, 6.07) is 13.6. The van der Waals surface area contributed by atoms with Gasteiger partial charge < -0.3 is 0 Å². The van der Waals surface area contributed by atoms with Gasteiger partial charge in [-0.15, -0.1) is 0 Å². The van der Waals surface area contributed by atoms with Crippen LogP contribution in [0.3, 0.4) is 0 Å². The molecule has 18 heavy (non-hydrogen) atoms. The van der Waals surface area contributed by atoms with E-state index in [4.69, 9.17) is 23.2 Å². The van der Waals surface area contributed by atoms with Crippen LogP contribution in [0, 0.1) is 6.92 Å². The van der Waals surface area contributed by atoms with Crippen molar-refractivity contribution in [1.29, 1.82) is 0 Å². The van der Waals surface area contributed by atoms with Crippen molar-refractivity contribution in [1.82, 2.24) is 9.38 Å². The lowest BCUT2D eigenvalue weighted by Gasteiger charge is -2.04. The molecule has 0 bridgehead atoms. The van der Waals surface area contributed by atoms with E-state index >= 15 is 0 Å². The second-order valence-electron chi connectivity index (χ2n) is 4.12. The molecule has 4 heteroatoms. The highest BCUT2D eigenvalue weighted by Gasteiger charge is 2.12. The zero-order valence-corrected chi connectivity index (χ0v) is 11.2. The number of halogens is 2. The van der Waals surface area contributed by atoms with Gasteiger partial charge in [-0.2, -0.15) is 0 Å². The Bertz CT molecular complexity index is 714. The molecule has 0 fully saturated rings. The Morgan fingerprint density at radius 3 is 2.44 bits per heavy atom. The van der Waals surface area contributed by atoms with Gasteiger partial charge in [0.25, 0.3) is 0 Å². The van der Waals surface area contributed by atoms with Crippen LogP contribution in [0.4, 0.5) is 0 Å². The predicted octanol–water partition coefficient (Wildman–Crippen LogP) is 4.62. The number of benzene rings is 1. The Kier molecular flexibility index (Phi) is 2.77.